The van der Waals surface area contributed by atoms with E-state index in [4.69, 9.17) is 10.5 Å². The van der Waals surface area contributed by atoms with Crippen molar-refractivity contribution in [1.29, 1.82) is 0 Å². The summed E-state index contributed by atoms with van der Waals surface area (Å²) in [6.45, 7) is 7.19. The van der Waals surface area contributed by atoms with Crippen LogP contribution in [0.3, 0.4) is 0 Å². The van der Waals surface area contributed by atoms with E-state index in [0.29, 0.717) is 6.04 Å². The normalized spacial score (nSPS) is 21.2. The highest BCUT2D eigenvalue weighted by atomic mass is 16.5. The van der Waals surface area contributed by atoms with E-state index in [1.165, 1.54) is 12.8 Å². The maximum Gasteiger partial charge on any atom is 0.0589 e. The van der Waals surface area contributed by atoms with E-state index < -0.39 is 0 Å². The van der Waals surface area contributed by atoms with Crippen molar-refractivity contribution in [2.24, 2.45) is 11.7 Å². The van der Waals surface area contributed by atoms with E-state index >= 15 is 0 Å². The van der Waals surface area contributed by atoms with Crippen LogP contribution >= 0.6 is 0 Å². The van der Waals surface area contributed by atoms with E-state index in [2.05, 4.69) is 18.7 Å². The quantitative estimate of drug-likeness (QED) is 0.668. The molecule has 1 rings (SSSR count). The van der Waals surface area contributed by atoms with Crippen molar-refractivity contribution in [1.82, 2.24) is 4.90 Å². The molecule has 0 aromatic heterocycles. The van der Waals surface area contributed by atoms with Crippen LogP contribution in [-0.4, -0.2) is 43.8 Å². The highest BCUT2D eigenvalue weighted by Crippen LogP contribution is 2.34. The maximum atomic E-state index is 5.84. The second-order valence-corrected chi connectivity index (χ2v) is 4.54. The van der Waals surface area contributed by atoms with Crippen LogP contribution in [0.5, 0.6) is 0 Å². The first-order valence-corrected chi connectivity index (χ1v) is 5.63. The highest BCUT2D eigenvalue weighted by Gasteiger charge is 2.31. The Bertz CT molecular complexity index is 157. The zero-order valence-corrected chi connectivity index (χ0v) is 9.70. The average Bonchev–Trinajstić information content (AvgIpc) is 2.93. The van der Waals surface area contributed by atoms with Crippen LogP contribution in [0.4, 0.5) is 0 Å². The van der Waals surface area contributed by atoms with Crippen LogP contribution in [0.2, 0.25) is 0 Å². The highest BCUT2D eigenvalue weighted by molar-refractivity contribution is 4.86. The SMILES string of the molecule is COCCN(C[C@@H](C)N)C(C)C1CC1. The molecule has 3 heteroatoms. The molecule has 1 unspecified atom stereocenters. The summed E-state index contributed by atoms with van der Waals surface area (Å²) < 4.78 is 5.12. The van der Waals surface area contributed by atoms with Gasteiger partial charge in [0.25, 0.3) is 0 Å². The fourth-order valence-electron chi connectivity index (χ4n) is 1.92. The predicted octanol–water partition coefficient (Wildman–Crippen LogP) is 1.08. The number of methoxy groups -OCH3 is 1. The van der Waals surface area contributed by atoms with Gasteiger partial charge in [-0.3, -0.25) is 4.90 Å². The van der Waals surface area contributed by atoms with Gasteiger partial charge in [-0.1, -0.05) is 0 Å². The molecule has 1 saturated carbocycles. The van der Waals surface area contributed by atoms with E-state index in [1.54, 1.807) is 7.11 Å². The third-order valence-electron chi connectivity index (χ3n) is 2.99. The summed E-state index contributed by atoms with van der Waals surface area (Å²) >= 11 is 0. The Morgan fingerprint density at radius 1 is 1.43 bits per heavy atom. The molecule has 14 heavy (non-hydrogen) atoms. The molecule has 3 nitrogen and oxygen atoms in total. The van der Waals surface area contributed by atoms with Crippen molar-refractivity contribution in [3.63, 3.8) is 0 Å². The Morgan fingerprint density at radius 3 is 2.50 bits per heavy atom. The van der Waals surface area contributed by atoms with E-state index in [9.17, 15) is 0 Å². The monoisotopic (exact) mass is 200 g/mol. The molecule has 1 aliphatic rings. The molecule has 0 aromatic carbocycles. The molecule has 84 valence electrons. The summed E-state index contributed by atoms with van der Waals surface area (Å²) in [6, 6.07) is 0.934. The van der Waals surface area contributed by atoms with Gasteiger partial charge < -0.3 is 10.5 Å². The lowest BCUT2D eigenvalue weighted by Crippen LogP contribution is -2.43. The zero-order chi connectivity index (χ0) is 10.6. The molecule has 1 fully saturated rings. The molecule has 0 aliphatic heterocycles. The molecule has 0 spiro atoms. The fourth-order valence-corrected chi connectivity index (χ4v) is 1.92. The predicted molar refractivity (Wildman–Crippen MR) is 59.3 cm³/mol. The minimum Gasteiger partial charge on any atom is -0.383 e. The number of hydrogen-bond donors (Lipinski definition) is 1. The van der Waals surface area contributed by atoms with Crippen LogP contribution < -0.4 is 5.73 Å². The molecular weight excluding hydrogens is 176 g/mol. The smallest absolute Gasteiger partial charge is 0.0589 e. The summed E-state index contributed by atoms with van der Waals surface area (Å²) in [5.74, 6) is 0.908. The second-order valence-electron chi connectivity index (χ2n) is 4.54. The summed E-state index contributed by atoms with van der Waals surface area (Å²) in [5.41, 5.74) is 5.84. The van der Waals surface area contributed by atoms with Gasteiger partial charge in [-0.15, -0.1) is 0 Å². The summed E-state index contributed by atoms with van der Waals surface area (Å²) in [5, 5.41) is 0. The van der Waals surface area contributed by atoms with Gasteiger partial charge in [0, 0.05) is 32.3 Å². The van der Waals surface area contributed by atoms with Gasteiger partial charge in [0.1, 0.15) is 0 Å². The molecular formula is C11H24N2O. The lowest BCUT2D eigenvalue weighted by Gasteiger charge is -2.30. The Morgan fingerprint density at radius 2 is 2.07 bits per heavy atom. The van der Waals surface area contributed by atoms with E-state index in [1.807, 2.05) is 0 Å². The number of nitrogens with zero attached hydrogens (tertiary/aromatic N) is 1. The van der Waals surface area contributed by atoms with Gasteiger partial charge in [-0.05, 0) is 32.6 Å². The first kappa shape index (κ1) is 12.0. The van der Waals surface area contributed by atoms with Gasteiger partial charge >= 0.3 is 0 Å². The Balaban J connectivity index is 2.33. The van der Waals surface area contributed by atoms with Crippen molar-refractivity contribution in [3.05, 3.63) is 0 Å². The van der Waals surface area contributed by atoms with E-state index in [-0.39, 0.29) is 6.04 Å². The summed E-state index contributed by atoms with van der Waals surface area (Å²) in [6.07, 6.45) is 2.78. The van der Waals surface area contributed by atoms with Crippen molar-refractivity contribution in [2.45, 2.75) is 38.8 Å². The van der Waals surface area contributed by atoms with Gasteiger partial charge in [0.2, 0.25) is 0 Å². The molecule has 0 bridgehead atoms. The van der Waals surface area contributed by atoms with Gasteiger partial charge in [0.15, 0.2) is 0 Å². The topological polar surface area (TPSA) is 38.5 Å². The molecule has 0 saturated heterocycles. The largest absolute Gasteiger partial charge is 0.383 e. The number of rotatable bonds is 7. The molecule has 0 amide bonds. The minimum absolute atomic E-state index is 0.257. The zero-order valence-electron chi connectivity index (χ0n) is 9.70. The first-order valence-electron chi connectivity index (χ1n) is 5.63. The van der Waals surface area contributed by atoms with Crippen LogP contribution in [0.1, 0.15) is 26.7 Å². The van der Waals surface area contributed by atoms with Crippen LogP contribution in [0.15, 0.2) is 0 Å². The molecule has 2 atom stereocenters. The Hall–Kier alpha value is -0.120. The van der Waals surface area contributed by atoms with Crippen molar-refractivity contribution in [3.8, 4) is 0 Å². The first-order chi connectivity index (χ1) is 6.65. The minimum atomic E-state index is 0.257. The van der Waals surface area contributed by atoms with E-state index in [0.717, 1.165) is 25.6 Å². The van der Waals surface area contributed by atoms with Crippen molar-refractivity contribution < 1.29 is 4.74 Å². The third-order valence-corrected chi connectivity index (χ3v) is 2.99. The lowest BCUT2D eigenvalue weighted by molar-refractivity contribution is 0.113. The summed E-state index contributed by atoms with van der Waals surface area (Å²) in [7, 11) is 1.76. The fraction of sp³-hybridized carbons (Fsp3) is 1.00. The van der Waals surface area contributed by atoms with Crippen LogP contribution in [0, 0.1) is 5.92 Å². The molecule has 2 N–H and O–H groups in total. The Kier molecular flexibility index (Phi) is 4.85. The number of hydrogen-bond acceptors (Lipinski definition) is 3. The standard InChI is InChI=1S/C11H24N2O/c1-9(12)8-13(6-7-14-3)10(2)11-4-5-11/h9-11H,4-8,12H2,1-3H3/t9-,10?/m1/s1. The summed E-state index contributed by atoms with van der Waals surface area (Å²) in [4.78, 5) is 2.46. The molecule has 0 radical (unpaired) electrons. The second kappa shape index (κ2) is 5.69. The van der Waals surface area contributed by atoms with Gasteiger partial charge in [-0.25, -0.2) is 0 Å². The average molecular weight is 200 g/mol. The number of ether oxygens (including phenoxy) is 1. The maximum absolute atomic E-state index is 5.84. The molecule has 1 aliphatic carbocycles. The lowest BCUT2D eigenvalue weighted by atomic mass is 10.1. The third kappa shape index (κ3) is 3.95. The van der Waals surface area contributed by atoms with Crippen molar-refractivity contribution >= 4 is 0 Å². The van der Waals surface area contributed by atoms with Crippen molar-refractivity contribution in [2.75, 3.05) is 26.8 Å². The van der Waals surface area contributed by atoms with Crippen LogP contribution in [0.25, 0.3) is 0 Å². The number of nitrogens with two attached hydrogens (primary N) is 1. The van der Waals surface area contributed by atoms with Crippen LogP contribution in [-0.2, 0) is 4.74 Å². The molecule has 0 aromatic rings. The van der Waals surface area contributed by atoms with Gasteiger partial charge in [0.05, 0.1) is 6.61 Å². The molecule has 0 heterocycles. The Labute approximate surface area is 87.6 Å². The van der Waals surface area contributed by atoms with Gasteiger partial charge in [-0.2, -0.15) is 0 Å².